The topological polar surface area (TPSA) is 55.2 Å². The van der Waals surface area contributed by atoms with Gasteiger partial charge in [-0.1, -0.05) is 77.0 Å². The van der Waals surface area contributed by atoms with Gasteiger partial charge in [0, 0.05) is 13.0 Å². The summed E-state index contributed by atoms with van der Waals surface area (Å²) in [5.41, 5.74) is 3.75. The lowest BCUT2D eigenvalue weighted by molar-refractivity contribution is -0.134. The number of hydrogen-bond acceptors (Lipinski definition) is 3. The van der Waals surface area contributed by atoms with Gasteiger partial charge in [0.15, 0.2) is 0 Å². The molecule has 1 unspecified atom stereocenters. The van der Waals surface area contributed by atoms with E-state index in [1.54, 1.807) is 4.57 Å². The number of hydrogen-bond donors (Lipinski definition) is 0. The number of nitrogens with zero attached hydrogens (tertiary/aromatic N) is 3. The van der Waals surface area contributed by atoms with Gasteiger partial charge in [0.1, 0.15) is 5.82 Å². The largest absolute Gasteiger partial charge is 0.333 e. The summed E-state index contributed by atoms with van der Waals surface area (Å²) < 4.78 is 1.77. The maximum atomic E-state index is 14.0. The quantitative estimate of drug-likeness (QED) is 0.231. The van der Waals surface area contributed by atoms with Gasteiger partial charge in [0.05, 0.1) is 22.6 Å². The average molecular weight is 516 g/mol. The second-order valence-electron chi connectivity index (χ2n) is 11.2. The molecule has 204 valence electrons. The summed E-state index contributed by atoms with van der Waals surface area (Å²) in [6.45, 7) is 9.18. The van der Waals surface area contributed by atoms with Crippen LogP contribution in [0.25, 0.3) is 16.6 Å². The molecule has 38 heavy (non-hydrogen) atoms. The van der Waals surface area contributed by atoms with E-state index in [2.05, 4.69) is 44.7 Å². The van der Waals surface area contributed by atoms with Gasteiger partial charge in [-0.3, -0.25) is 14.2 Å². The number of aromatic nitrogens is 2. The van der Waals surface area contributed by atoms with Crippen LogP contribution in [-0.4, -0.2) is 26.9 Å². The van der Waals surface area contributed by atoms with E-state index in [-0.39, 0.29) is 17.5 Å². The number of carbonyl (C=O) groups excluding carboxylic acids is 1. The minimum absolute atomic E-state index is 0.0726. The molecular formula is C33H45N3O2. The van der Waals surface area contributed by atoms with Crippen LogP contribution < -0.4 is 5.56 Å². The van der Waals surface area contributed by atoms with Crippen LogP contribution in [0.5, 0.6) is 0 Å². The van der Waals surface area contributed by atoms with E-state index < -0.39 is 0 Å². The Bertz CT molecular complexity index is 1290. The lowest BCUT2D eigenvalue weighted by Crippen LogP contribution is -2.39. The van der Waals surface area contributed by atoms with Gasteiger partial charge >= 0.3 is 0 Å². The molecular weight excluding hydrogens is 470 g/mol. The second kappa shape index (κ2) is 13.2. The van der Waals surface area contributed by atoms with Crippen molar-refractivity contribution in [1.82, 2.24) is 14.5 Å². The molecule has 1 aliphatic rings. The van der Waals surface area contributed by atoms with E-state index in [0.29, 0.717) is 42.0 Å². The van der Waals surface area contributed by atoms with Crippen LogP contribution in [0, 0.1) is 19.8 Å². The van der Waals surface area contributed by atoms with Crippen LogP contribution in [0.4, 0.5) is 0 Å². The van der Waals surface area contributed by atoms with Gasteiger partial charge in [0.2, 0.25) is 5.91 Å². The molecule has 1 aromatic heterocycles. The maximum Gasteiger partial charge on any atom is 0.266 e. The minimum atomic E-state index is -0.258. The molecule has 1 fully saturated rings. The first kappa shape index (κ1) is 28.1. The van der Waals surface area contributed by atoms with Crippen LogP contribution in [0.3, 0.4) is 0 Å². The number of rotatable bonds is 12. The molecule has 1 saturated carbocycles. The van der Waals surface area contributed by atoms with Crippen molar-refractivity contribution in [3.8, 4) is 5.69 Å². The predicted octanol–water partition coefficient (Wildman–Crippen LogP) is 7.83. The molecule has 1 atom stereocenters. The third-order valence-corrected chi connectivity index (χ3v) is 8.43. The zero-order chi connectivity index (χ0) is 27.1. The molecule has 1 heterocycles. The lowest BCUT2D eigenvalue weighted by Gasteiger charge is -2.33. The molecule has 0 bridgehead atoms. The second-order valence-corrected chi connectivity index (χ2v) is 11.2. The zero-order valence-corrected chi connectivity index (χ0v) is 23.8. The Labute approximate surface area is 228 Å². The first-order chi connectivity index (χ1) is 18.4. The molecule has 0 N–H and O–H groups in total. The van der Waals surface area contributed by atoms with E-state index >= 15 is 0 Å². The molecule has 3 aromatic rings. The standard InChI is InChI=1S/C33H45N3O2/c1-5-7-8-13-22-35(31(37)21-19-26-14-9-10-15-26)30(6-2)32-34-29-17-12-11-16-28(29)33(38)36(32)27-20-18-24(3)25(4)23-27/h11-12,16-18,20,23,26,30H,5-10,13-15,19,21-22H2,1-4H3. The molecule has 1 aliphatic carbocycles. The summed E-state index contributed by atoms with van der Waals surface area (Å²) in [6, 6.07) is 13.4. The minimum Gasteiger partial charge on any atom is -0.333 e. The Hall–Kier alpha value is -2.95. The third kappa shape index (κ3) is 6.36. The highest BCUT2D eigenvalue weighted by Crippen LogP contribution is 2.31. The van der Waals surface area contributed by atoms with Gasteiger partial charge < -0.3 is 4.90 Å². The van der Waals surface area contributed by atoms with Crippen molar-refractivity contribution in [3.05, 3.63) is 69.8 Å². The number of aryl methyl sites for hydroxylation is 2. The summed E-state index contributed by atoms with van der Waals surface area (Å²) in [6.07, 6.45) is 11.7. The number of unbranched alkanes of at least 4 members (excludes halogenated alkanes) is 3. The molecule has 2 aromatic carbocycles. The molecule has 0 radical (unpaired) electrons. The Balaban J connectivity index is 1.78. The van der Waals surface area contributed by atoms with Crippen LogP contribution in [-0.2, 0) is 4.79 Å². The fourth-order valence-electron chi connectivity index (χ4n) is 5.96. The van der Waals surface area contributed by atoms with Crippen molar-refractivity contribution in [1.29, 1.82) is 0 Å². The van der Waals surface area contributed by atoms with E-state index in [1.807, 2.05) is 30.3 Å². The molecule has 0 aliphatic heterocycles. The molecule has 0 spiro atoms. The average Bonchev–Trinajstić information content (AvgIpc) is 3.45. The summed E-state index contributed by atoms with van der Waals surface area (Å²) >= 11 is 0. The Morgan fingerprint density at radius 2 is 1.79 bits per heavy atom. The van der Waals surface area contributed by atoms with Crippen molar-refractivity contribution >= 4 is 16.8 Å². The third-order valence-electron chi connectivity index (χ3n) is 8.43. The highest BCUT2D eigenvalue weighted by atomic mass is 16.2. The predicted molar refractivity (Wildman–Crippen MR) is 157 cm³/mol. The number of para-hydroxylation sites is 1. The highest BCUT2D eigenvalue weighted by molar-refractivity contribution is 5.79. The molecule has 1 amide bonds. The Kier molecular flexibility index (Phi) is 9.76. The summed E-state index contributed by atoms with van der Waals surface area (Å²) in [5, 5.41) is 0.603. The molecule has 4 rings (SSSR count). The van der Waals surface area contributed by atoms with E-state index in [4.69, 9.17) is 4.98 Å². The number of fused-ring (bicyclic) bond motifs is 1. The molecule has 0 saturated heterocycles. The zero-order valence-electron chi connectivity index (χ0n) is 23.8. The van der Waals surface area contributed by atoms with E-state index in [0.717, 1.165) is 36.9 Å². The molecule has 5 nitrogen and oxygen atoms in total. The van der Waals surface area contributed by atoms with E-state index in [1.165, 1.54) is 37.7 Å². The summed E-state index contributed by atoms with van der Waals surface area (Å²) in [7, 11) is 0. The number of benzene rings is 2. The number of carbonyl (C=O) groups is 1. The van der Waals surface area contributed by atoms with E-state index in [9.17, 15) is 9.59 Å². The first-order valence-electron chi connectivity index (χ1n) is 14.8. The smallest absolute Gasteiger partial charge is 0.266 e. The van der Waals surface area contributed by atoms with Crippen molar-refractivity contribution < 1.29 is 4.79 Å². The van der Waals surface area contributed by atoms with Gasteiger partial charge in [-0.2, -0.15) is 0 Å². The van der Waals surface area contributed by atoms with Crippen molar-refractivity contribution in [2.24, 2.45) is 5.92 Å². The lowest BCUT2D eigenvalue weighted by atomic mass is 10.0. The van der Waals surface area contributed by atoms with Crippen LogP contribution >= 0.6 is 0 Å². The maximum absolute atomic E-state index is 14.0. The number of amides is 1. The van der Waals surface area contributed by atoms with Crippen molar-refractivity contribution in [3.63, 3.8) is 0 Å². The Morgan fingerprint density at radius 1 is 1.03 bits per heavy atom. The summed E-state index contributed by atoms with van der Waals surface area (Å²) in [5.74, 6) is 1.55. The first-order valence-corrected chi connectivity index (χ1v) is 14.8. The summed E-state index contributed by atoms with van der Waals surface area (Å²) in [4.78, 5) is 35.0. The van der Waals surface area contributed by atoms with Crippen LogP contribution in [0.1, 0.15) is 107 Å². The van der Waals surface area contributed by atoms with Crippen LogP contribution in [0.15, 0.2) is 47.3 Å². The van der Waals surface area contributed by atoms with Gasteiger partial charge in [-0.15, -0.1) is 0 Å². The normalized spacial score (nSPS) is 14.7. The molecule has 5 heteroatoms. The van der Waals surface area contributed by atoms with Gasteiger partial charge in [-0.25, -0.2) is 4.98 Å². The van der Waals surface area contributed by atoms with Crippen LogP contribution in [0.2, 0.25) is 0 Å². The van der Waals surface area contributed by atoms with Gasteiger partial charge in [0.25, 0.3) is 5.56 Å². The fourth-order valence-corrected chi connectivity index (χ4v) is 5.96. The fraction of sp³-hybridized carbons (Fsp3) is 0.545. The van der Waals surface area contributed by atoms with Crippen molar-refractivity contribution in [2.45, 2.75) is 104 Å². The Morgan fingerprint density at radius 3 is 2.50 bits per heavy atom. The monoisotopic (exact) mass is 515 g/mol. The SMILES string of the molecule is CCCCCCN(C(=O)CCC1CCCC1)C(CC)c1nc2ccccc2c(=O)n1-c1ccc(C)c(C)c1. The van der Waals surface area contributed by atoms with Gasteiger partial charge in [-0.05, 0) is 74.4 Å². The highest BCUT2D eigenvalue weighted by Gasteiger charge is 2.29. The van der Waals surface area contributed by atoms with Crippen molar-refractivity contribution in [2.75, 3.05) is 6.54 Å².